The molecular weight excluding hydrogens is 395 g/mol. The van der Waals surface area contributed by atoms with Crippen molar-refractivity contribution in [1.29, 1.82) is 0 Å². The highest BCUT2D eigenvalue weighted by Gasteiger charge is 2.51. The van der Waals surface area contributed by atoms with Crippen molar-refractivity contribution in [2.75, 3.05) is 12.1 Å². The van der Waals surface area contributed by atoms with E-state index in [4.69, 9.17) is 9.47 Å². The van der Waals surface area contributed by atoms with E-state index < -0.39 is 5.41 Å². The summed E-state index contributed by atoms with van der Waals surface area (Å²) < 4.78 is 11.8. The number of nitrogens with one attached hydrogen (secondary N) is 1. The maximum Gasteiger partial charge on any atom is 0.236 e. The summed E-state index contributed by atoms with van der Waals surface area (Å²) in [7, 11) is 0. The molecule has 0 spiro atoms. The fourth-order valence-electron chi connectivity index (χ4n) is 2.65. The van der Waals surface area contributed by atoms with Crippen molar-refractivity contribution in [2.24, 2.45) is 0 Å². The molecule has 1 N–H and O–H groups in total. The lowest BCUT2D eigenvalue weighted by Gasteiger charge is -2.16. The van der Waals surface area contributed by atoms with E-state index in [0.29, 0.717) is 11.6 Å². The van der Waals surface area contributed by atoms with Crippen LogP contribution in [0.3, 0.4) is 0 Å². The minimum Gasteiger partial charge on any atom is -0.454 e. The second-order valence-corrected chi connectivity index (χ2v) is 6.71. The van der Waals surface area contributed by atoms with Gasteiger partial charge in [0.1, 0.15) is 5.82 Å². The maximum absolute atomic E-state index is 12.7. The molecule has 1 amide bonds. The molecule has 0 bridgehead atoms. The third kappa shape index (κ3) is 2.31. The summed E-state index contributed by atoms with van der Waals surface area (Å²) in [4.78, 5) is 16.9. The van der Waals surface area contributed by atoms with Crippen molar-refractivity contribution in [2.45, 2.75) is 18.3 Å². The number of hydrogen-bond acceptors (Lipinski definition) is 4. The van der Waals surface area contributed by atoms with Gasteiger partial charge in [-0.1, -0.05) is 6.07 Å². The molecule has 1 aromatic heterocycles. The van der Waals surface area contributed by atoms with Gasteiger partial charge in [0.25, 0.3) is 0 Å². The molecule has 2 aromatic rings. The van der Waals surface area contributed by atoms with Crippen LogP contribution in [0.5, 0.6) is 11.5 Å². The lowest BCUT2D eigenvalue weighted by Crippen LogP contribution is -2.28. The van der Waals surface area contributed by atoms with Crippen LogP contribution in [0.4, 0.5) is 5.82 Å². The van der Waals surface area contributed by atoms with Crippen molar-refractivity contribution in [3.63, 3.8) is 0 Å². The Morgan fingerprint density at radius 3 is 2.73 bits per heavy atom. The third-order valence-electron chi connectivity index (χ3n) is 4.08. The van der Waals surface area contributed by atoms with Crippen LogP contribution in [0.1, 0.15) is 18.4 Å². The molecule has 22 heavy (non-hydrogen) atoms. The SMILES string of the molecule is O=C(Nc1ccc(I)cn1)C1(c2ccc3c(c2)OCO3)CC1. The number of benzene rings is 1. The largest absolute Gasteiger partial charge is 0.454 e. The average Bonchev–Trinajstić information content (AvgIpc) is 3.21. The van der Waals surface area contributed by atoms with Crippen LogP contribution in [0.2, 0.25) is 0 Å². The molecule has 2 aliphatic rings. The fraction of sp³-hybridized carbons (Fsp3) is 0.250. The molecule has 0 atom stereocenters. The maximum atomic E-state index is 12.7. The Hall–Kier alpha value is -1.83. The van der Waals surface area contributed by atoms with Crippen LogP contribution in [0.15, 0.2) is 36.5 Å². The summed E-state index contributed by atoms with van der Waals surface area (Å²) in [5.74, 6) is 2.01. The van der Waals surface area contributed by atoms with Crippen molar-refractivity contribution in [3.8, 4) is 11.5 Å². The molecule has 2 heterocycles. The van der Waals surface area contributed by atoms with Gasteiger partial charge in [-0.3, -0.25) is 4.79 Å². The second kappa shape index (κ2) is 5.12. The predicted molar refractivity (Wildman–Crippen MR) is 89.1 cm³/mol. The van der Waals surface area contributed by atoms with Gasteiger partial charge in [-0.25, -0.2) is 4.98 Å². The Bertz CT molecular complexity index is 742. The van der Waals surface area contributed by atoms with Gasteiger partial charge in [-0.05, 0) is 65.3 Å². The molecule has 5 nitrogen and oxygen atoms in total. The highest BCUT2D eigenvalue weighted by atomic mass is 127. The average molecular weight is 408 g/mol. The van der Waals surface area contributed by atoms with Gasteiger partial charge < -0.3 is 14.8 Å². The first-order chi connectivity index (χ1) is 10.7. The molecule has 6 heteroatoms. The zero-order valence-corrected chi connectivity index (χ0v) is 13.8. The monoisotopic (exact) mass is 408 g/mol. The van der Waals surface area contributed by atoms with E-state index in [9.17, 15) is 4.79 Å². The van der Waals surface area contributed by atoms with Gasteiger partial charge in [0, 0.05) is 9.77 Å². The molecule has 1 aliphatic heterocycles. The van der Waals surface area contributed by atoms with E-state index in [-0.39, 0.29) is 12.7 Å². The minimum atomic E-state index is -0.467. The molecule has 1 fully saturated rings. The number of amides is 1. The van der Waals surface area contributed by atoms with Crippen LogP contribution >= 0.6 is 22.6 Å². The van der Waals surface area contributed by atoms with E-state index in [1.165, 1.54) is 0 Å². The minimum absolute atomic E-state index is 0.0138. The van der Waals surface area contributed by atoms with Gasteiger partial charge in [0.05, 0.1) is 5.41 Å². The highest BCUT2D eigenvalue weighted by molar-refractivity contribution is 14.1. The molecule has 0 unspecified atom stereocenters. The summed E-state index contributed by atoms with van der Waals surface area (Å²) in [6.07, 6.45) is 3.40. The van der Waals surface area contributed by atoms with Crippen LogP contribution in [-0.2, 0) is 10.2 Å². The smallest absolute Gasteiger partial charge is 0.236 e. The third-order valence-corrected chi connectivity index (χ3v) is 4.72. The number of aromatic nitrogens is 1. The first kappa shape index (κ1) is 13.8. The molecular formula is C16H13IN2O3. The number of fused-ring (bicyclic) bond motifs is 1. The summed E-state index contributed by atoms with van der Waals surface area (Å²) in [5, 5.41) is 2.91. The molecule has 1 aromatic carbocycles. The van der Waals surface area contributed by atoms with E-state index in [2.05, 4.69) is 32.9 Å². The summed E-state index contributed by atoms with van der Waals surface area (Å²) >= 11 is 2.18. The highest BCUT2D eigenvalue weighted by Crippen LogP contribution is 2.51. The lowest BCUT2D eigenvalue weighted by molar-refractivity contribution is -0.118. The molecule has 0 radical (unpaired) electrons. The number of carbonyl (C=O) groups excluding carboxylic acids is 1. The van der Waals surface area contributed by atoms with Crippen molar-refractivity contribution < 1.29 is 14.3 Å². The van der Waals surface area contributed by atoms with Gasteiger partial charge >= 0.3 is 0 Å². The Morgan fingerprint density at radius 1 is 1.18 bits per heavy atom. The van der Waals surface area contributed by atoms with Gasteiger partial charge in [-0.15, -0.1) is 0 Å². The number of ether oxygens (including phenoxy) is 2. The first-order valence-electron chi connectivity index (χ1n) is 7.01. The Balaban J connectivity index is 1.58. The number of carbonyl (C=O) groups is 1. The predicted octanol–water partition coefficient (Wildman–Crippen LogP) is 3.09. The standard InChI is InChI=1S/C16H13IN2O3/c17-11-2-4-14(18-8-11)19-15(20)16(5-6-16)10-1-3-12-13(7-10)22-9-21-12/h1-4,7-8H,5-6,9H2,(H,18,19,20). The first-order valence-corrected chi connectivity index (χ1v) is 8.08. The van der Waals surface area contributed by atoms with Gasteiger partial charge in [0.15, 0.2) is 11.5 Å². The summed E-state index contributed by atoms with van der Waals surface area (Å²) in [5.41, 5.74) is 0.505. The fourth-order valence-corrected chi connectivity index (χ4v) is 2.97. The number of halogens is 1. The molecule has 1 saturated carbocycles. The topological polar surface area (TPSA) is 60.5 Å². The van der Waals surface area contributed by atoms with Crippen LogP contribution < -0.4 is 14.8 Å². The van der Waals surface area contributed by atoms with Crippen LogP contribution in [0, 0.1) is 3.57 Å². The summed E-state index contributed by atoms with van der Waals surface area (Å²) in [6.45, 7) is 0.241. The number of nitrogens with zero attached hydrogens (tertiary/aromatic N) is 1. The van der Waals surface area contributed by atoms with Crippen molar-refractivity contribution in [3.05, 3.63) is 45.7 Å². The zero-order chi connectivity index (χ0) is 15.2. The van der Waals surface area contributed by atoms with Crippen molar-refractivity contribution in [1.82, 2.24) is 4.98 Å². The van der Waals surface area contributed by atoms with Crippen LogP contribution in [-0.4, -0.2) is 17.7 Å². The number of anilines is 1. The quantitative estimate of drug-likeness (QED) is 0.794. The van der Waals surface area contributed by atoms with Crippen LogP contribution in [0.25, 0.3) is 0 Å². The van der Waals surface area contributed by atoms with Gasteiger partial charge in [0.2, 0.25) is 12.7 Å². The Morgan fingerprint density at radius 2 is 2.00 bits per heavy atom. The Labute approximate surface area is 141 Å². The Kier molecular flexibility index (Phi) is 3.21. The second-order valence-electron chi connectivity index (χ2n) is 5.47. The molecule has 0 saturated heterocycles. The van der Waals surface area contributed by atoms with E-state index >= 15 is 0 Å². The van der Waals surface area contributed by atoms with E-state index in [1.807, 2.05) is 30.3 Å². The number of hydrogen-bond donors (Lipinski definition) is 1. The normalized spacial score (nSPS) is 17.1. The number of pyridine rings is 1. The van der Waals surface area contributed by atoms with E-state index in [0.717, 1.165) is 27.7 Å². The van der Waals surface area contributed by atoms with Crippen molar-refractivity contribution >= 4 is 34.3 Å². The van der Waals surface area contributed by atoms with E-state index in [1.54, 1.807) is 6.20 Å². The molecule has 112 valence electrons. The van der Waals surface area contributed by atoms with Gasteiger partial charge in [-0.2, -0.15) is 0 Å². The lowest BCUT2D eigenvalue weighted by atomic mass is 9.94. The number of rotatable bonds is 3. The molecule has 4 rings (SSSR count). The summed E-state index contributed by atoms with van der Waals surface area (Å²) in [6, 6.07) is 9.46. The zero-order valence-electron chi connectivity index (χ0n) is 11.6. The molecule has 1 aliphatic carbocycles.